The van der Waals surface area contributed by atoms with E-state index in [9.17, 15) is 9.59 Å². The predicted octanol–water partition coefficient (Wildman–Crippen LogP) is 1.52. The molecule has 98 valence electrons. The van der Waals surface area contributed by atoms with Gasteiger partial charge in [-0.05, 0) is 30.5 Å². The molecule has 1 aromatic rings. The Morgan fingerprint density at radius 1 is 1.33 bits per heavy atom. The monoisotopic (exact) mass is 266 g/mol. The van der Waals surface area contributed by atoms with Gasteiger partial charge in [-0.25, -0.2) is 0 Å². The zero-order chi connectivity index (χ0) is 13.9. The first kappa shape index (κ1) is 14.6. The highest BCUT2D eigenvalue weighted by Gasteiger charge is 2.22. The Kier molecular flexibility index (Phi) is 4.78. The molecule has 5 heteroatoms. The molecule has 0 aliphatic heterocycles. The third kappa shape index (κ3) is 3.50. The number of primary amides is 1. The minimum absolute atomic E-state index is 0.0501. The summed E-state index contributed by atoms with van der Waals surface area (Å²) in [4.78, 5) is 24.0. The summed E-state index contributed by atoms with van der Waals surface area (Å²) in [5.74, 6) is -0.884. The van der Waals surface area contributed by atoms with Crippen molar-refractivity contribution in [2.45, 2.75) is 31.7 Å². The molecule has 0 fully saturated rings. The largest absolute Gasteiger partial charge is 0.368 e. The zero-order valence-electron chi connectivity index (χ0n) is 10.7. The number of nitrogens with two attached hydrogens (primary N) is 1. The Bertz CT molecular complexity index is 472. The number of carbonyl (C=O) groups is 2. The molecule has 2 amide bonds. The van der Waals surface area contributed by atoms with Gasteiger partial charge in [-0.3, -0.25) is 9.59 Å². The van der Waals surface area contributed by atoms with Crippen molar-refractivity contribution in [2.24, 2.45) is 11.7 Å². The van der Waals surface area contributed by atoms with Crippen molar-refractivity contribution in [3.05, 3.63) is 29.3 Å². The zero-order valence-corrected chi connectivity index (χ0v) is 11.6. The Hall–Kier alpha value is -1.49. The lowest BCUT2D eigenvalue weighted by Crippen LogP contribution is -2.47. The van der Waals surface area contributed by atoms with Crippen molar-refractivity contribution >= 4 is 24.4 Å². The number of carbonyl (C=O) groups excluding carboxylic acids is 2. The molecule has 1 rings (SSSR count). The molecule has 3 N–H and O–H groups in total. The Morgan fingerprint density at radius 2 is 1.94 bits per heavy atom. The number of nitrogens with one attached hydrogen (secondary N) is 1. The predicted molar refractivity (Wildman–Crippen MR) is 73.7 cm³/mol. The lowest BCUT2D eigenvalue weighted by Gasteiger charge is -2.19. The van der Waals surface area contributed by atoms with Crippen LogP contribution < -0.4 is 11.1 Å². The normalized spacial score (nSPS) is 12.3. The highest BCUT2D eigenvalue weighted by Crippen LogP contribution is 2.14. The van der Waals surface area contributed by atoms with Crippen LogP contribution in [0.1, 0.15) is 29.8 Å². The van der Waals surface area contributed by atoms with Gasteiger partial charge in [0.15, 0.2) is 0 Å². The van der Waals surface area contributed by atoms with Gasteiger partial charge < -0.3 is 11.1 Å². The molecule has 0 aliphatic carbocycles. The number of aryl methyl sites for hydroxylation is 1. The number of hydrogen-bond donors (Lipinski definition) is 3. The van der Waals surface area contributed by atoms with Crippen molar-refractivity contribution in [1.29, 1.82) is 0 Å². The Labute approximate surface area is 112 Å². The van der Waals surface area contributed by atoms with E-state index in [1.165, 1.54) is 0 Å². The fraction of sp³-hybridized carbons (Fsp3) is 0.385. The molecule has 0 saturated carbocycles. The smallest absolute Gasteiger partial charge is 0.252 e. The lowest BCUT2D eigenvalue weighted by molar-refractivity contribution is -0.120. The molecule has 0 spiro atoms. The van der Waals surface area contributed by atoms with Gasteiger partial charge in [0.2, 0.25) is 5.91 Å². The molecule has 0 aromatic heterocycles. The van der Waals surface area contributed by atoms with Crippen LogP contribution in [0.5, 0.6) is 0 Å². The van der Waals surface area contributed by atoms with E-state index in [0.29, 0.717) is 10.5 Å². The molecule has 4 nitrogen and oxygen atoms in total. The van der Waals surface area contributed by atoms with Crippen LogP contribution in [0.25, 0.3) is 0 Å². The van der Waals surface area contributed by atoms with E-state index < -0.39 is 11.9 Å². The standard InChI is InChI=1S/C13H18N2O2S/c1-7(2)11(12(14)16)15-13(17)10-6-9(18)5-4-8(10)3/h4-7,11,18H,1-3H3,(H2,14,16)(H,15,17). The Morgan fingerprint density at radius 3 is 2.44 bits per heavy atom. The average Bonchev–Trinajstić information content (AvgIpc) is 2.28. The van der Waals surface area contributed by atoms with E-state index in [2.05, 4.69) is 17.9 Å². The van der Waals surface area contributed by atoms with Crippen LogP contribution in [0.15, 0.2) is 23.1 Å². The van der Waals surface area contributed by atoms with Crippen LogP contribution in [-0.4, -0.2) is 17.9 Å². The summed E-state index contributed by atoms with van der Waals surface area (Å²) in [7, 11) is 0. The SMILES string of the molecule is Cc1ccc(S)cc1C(=O)NC(C(N)=O)C(C)C. The van der Waals surface area contributed by atoms with E-state index in [4.69, 9.17) is 5.73 Å². The highest BCUT2D eigenvalue weighted by molar-refractivity contribution is 7.80. The second kappa shape index (κ2) is 5.91. The van der Waals surface area contributed by atoms with Crippen molar-refractivity contribution in [2.75, 3.05) is 0 Å². The second-order valence-electron chi connectivity index (χ2n) is 4.60. The molecule has 18 heavy (non-hydrogen) atoms. The van der Waals surface area contributed by atoms with E-state index >= 15 is 0 Å². The summed E-state index contributed by atoms with van der Waals surface area (Å²) in [6, 6.07) is 4.63. The fourth-order valence-electron chi connectivity index (χ4n) is 1.64. The van der Waals surface area contributed by atoms with Crippen LogP contribution in [0.3, 0.4) is 0 Å². The minimum Gasteiger partial charge on any atom is -0.368 e. The number of thiol groups is 1. The van der Waals surface area contributed by atoms with Crippen LogP contribution in [0.2, 0.25) is 0 Å². The molecule has 0 radical (unpaired) electrons. The highest BCUT2D eigenvalue weighted by atomic mass is 32.1. The van der Waals surface area contributed by atoms with Crippen LogP contribution in [0, 0.1) is 12.8 Å². The van der Waals surface area contributed by atoms with Crippen molar-refractivity contribution in [3.63, 3.8) is 0 Å². The summed E-state index contributed by atoms with van der Waals surface area (Å²) in [6.07, 6.45) is 0. The minimum atomic E-state index is -0.666. The average molecular weight is 266 g/mol. The maximum atomic E-state index is 12.1. The van der Waals surface area contributed by atoms with Gasteiger partial charge in [0.05, 0.1) is 0 Å². The van der Waals surface area contributed by atoms with Gasteiger partial charge in [-0.1, -0.05) is 19.9 Å². The molecular formula is C13H18N2O2S. The molecule has 0 heterocycles. The van der Waals surface area contributed by atoms with Crippen molar-refractivity contribution in [1.82, 2.24) is 5.32 Å². The van der Waals surface area contributed by atoms with E-state index in [1.54, 1.807) is 6.07 Å². The van der Waals surface area contributed by atoms with E-state index in [-0.39, 0.29) is 11.8 Å². The molecule has 0 bridgehead atoms. The van der Waals surface area contributed by atoms with Crippen LogP contribution in [-0.2, 0) is 4.79 Å². The second-order valence-corrected chi connectivity index (χ2v) is 5.11. The lowest BCUT2D eigenvalue weighted by atomic mass is 10.0. The summed E-state index contributed by atoms with van der Waals surface area (Å²) >= 11 is 4.20. The molecular weight excluding hydrogens is 248 g/mol. The third-order valence-corrected chi connectivity index (χ3v) is 3.00. The van der Waals surface area contributed by atoms with Gasteiger partial charge in [0.25, 0.3) is 5.91 Å². The number of rotatable bonds is 4. The first-order chi connectivity index (χ1) is 8.32. The summed E-state index contributed by atoms with van der Waals surface area (Å²) in [5.41, 5.74) is 6.60. The molecule has 1 aromatic carbocycles. The first-order valence-corrected chi connectivity index (χ1v) is 6.17. The first-order valence-electron chi connectivity index (χ1n) is 5.72. The maximum absolute atomic E-state index is 12.1. The quantitative estimate of drug-likeness (QED) is 0.723. The fourth-order valence-corrected chi connectivity index (χ4v) is 1.84. The van der Waals surface area contributed by atoms with Crippen molar-refractivity contribution < 1.29 is 9.59 Å². The molecule has 0 aliphatic rings. The number of hydrogen-bond acceptors (Lipinski definition) is 3. The van der Waals surface area contributed by atoms with E-state index in [1.807, 2.05) is 32.9 Å². The maximum Gasteiger partial charge on any atom is 0.252 e. The van der Waals surface area contributed by atoms with Crippen LogP contribution in [0.4, 0.5) is 0 Å². The topological polar surface area (TPSA) is 72.2 Å². The van der Waals surface area contributed by atoms with Gasteiger partial charge in [-0.15, -0.1) is 12.6 Å². The molecule has 1 unspecified atom stereocenters. The molecule has 0 saturated heterocycles. The van der Waals surface area contributed by atoms with E-state index in [0.717, 1.165) is 5.56 Å². The molecule has 1 atom stereocenters. The summed E-state index contributed by atoms with van der Waals surface area (Å²) < 4.78 is 0. The van der Waals surface area contributed by atoms with Gasteiger partial charge in [0, 0.05) is 10.5 Å². The Balaban J connectivity index is 2.94. The van der Waals surface area contributed by atoms with Gasteiger partial charge >= 0.3 is 0 Å². The van der Waals surface area contributed by atoms with Crippen molar-refractivity contribution in [3.8, 4) is 0 Å². The summed E-state index contributed by atoms with van der Waals surface area (Å²) in [6.45, 7) is 5.49. The third-order valence-electron chi connectivity index (χ3n) is 2.73. The van der Waals surface area contributed by atoms with Crippen LogP contribution >= 0.6 is 12.6 Å². The van der Waals surface area contributed by atoms with Gasteiger partial charge in [-0.2, -0.15) is 0 Å². The van der Waals surface area contributed by atoms with Gasteiger partial charge in [0.1, 0.15) is 6.04 Å². The number of amides is 2. The summed E-state index contributed by atoms with van der Waals surface area (Å²) in [5, 5.41) is 2.65. The number of benzene rings is 1.